The van der Waals surface area contributed by atoms with Crippen LogP contribution in [-0.4, -0.2) is 34.1 Å². The van der Waals surface area contributed by atoms with E-state index in [9.17, 15) is 9.59 Å². The average Bonchev–Trinajstić information content (AvgIpc) is 3.09. The number of amides is 3. The van der Waals surface area contributed by atoms with Crippen molar-refractivity contribution in [2.24, 2.45) is 0 Å². The van der Waals surface area contributed by atoms with E-state index in [0.29, 0.717) is 30.9 Å². The standard InChI is InChI=1S/C20H20N4O4/c1-19(2)11-27-15-5-4-13(8-14(15)19)28-17-21-9-12(10-22-17)24-16(25)20(6-3-7-20)23-18(24)26/h4-5,8-10H,3,6-7,11H2,1-2H3,(H,23,26). The van der Waals surface area contributed by atoms with Gasteiger partial charge in [-0.25, -0.2) is 19.7 Å². The number of nitrogens with zero attached hydrogens (tertiary/aromatic N) is 3. The van der Waals surface area contributed by atoms with E-state index in [1.807, 2.05) is 12.1 Å². The van der Waals surface area contributed by atoms with Crippen LogP contribution >= 0.6 is 0 Å². The van der Waals surface area contributed by atoms with Crippen LogP contribution in [-0.2, 0) is 10.2 Å². The number of rotatable bonds is 3. The second-order valence-corrected chi connectivity index (χ2v) is 8.16. The molecular weight excluding hydrogens is 360 g/mol. The van der Waals surface area contributed by atoms with Crippen LogP contribution in [0, 0.1) is 0 Å². The summed E-state index contributed by atoms with van der Waals surface area (Å²) in [5, 5.41) is 2.79. The number of nitrogens with one attached hydrogen (secondary N) is 1. The lowest BCUT2D eigenvalue weighted by Crippen LogP contribution is -2.52. The molecule has 8 heteroatoms. The first-order valence-corrected chi connectivity index (χ1v) is 9.32. The zero-order chi connectivity index (χ0) is 19.5. The molecule has 0 radical (unpaired) electrons. The van der Waals surface area contributed by atoms with Crippen LogP contribution in [0.2, 0.25) is 0 Å². The third-order valence-corrected chi connectivity index (χ3v) is 5.72. The van der Waals surface area contributed by atoms with Gasteiger partial charge in [0, 0.05) is 11.0 Å². The normalized spacial score (nSPS) is 21.1. The molecule has 0 atom stereocenters. The summed E-state index contributed by atoms with van der Waals surface area (Å²) in [6.45, 7) is 4.85. The van der Waals surface area contributed by atoms with E-state index in [4.69, 9.17) is 9.47 Å². The molecule has 3 heterocycles. The Morgan fingerprint density at radius 3 is 2.57 bits per heavy atom. The lowest BCUT2D eigenvalue weighted by molar-refractivity contribution is -0.124. The van der Waals surface area contributed by atoms with E-state index in [-0.39, 0.29) is 17.3 Å². The number of anilines is 1. The van der Waals surface area contributed by atoms with E-state index >= 15 is 0 Å². The van der Waals surface area contributed by atoms with Gasteiger partial charge in [0.1, 0.15) is 17.0 Å². The fourth-order valence-corrected chi connectivity index (χ4v) is 3.87. The van der Waals surface area contributed by atoms with E-state index in [1.54, 1.807) is 6.07 Å². The quantitative estimate of drug-likeness (QED) is 0.823. The first-order chi connectivity index (χ1) is 13.4. The topological polar surface area (TPSA) is 93.7 Å². The summed E-state index contributed by atoms with van der Waals surface area (Å²) < 4.78 is 11.4. The minimum absolute atomic E-state index is 0.0830. The monoisotopic (exact) mass is 380 g/mol. The maximum Gasteiger partial charge on any atom is 0.329 e. The number of hydrogen-bond acceptors (Lipinski definition) is 6. The van der Waals surface area contributed by atoms with Gasteiger partial charge < -0.3 is 14.8 Å². The molecule has 1 saturated heterocycles. The molecule has 1 aromatic heterocycles. The van der Waals surface area contributed by atoms with Crippen LogP contribution in [0.1, 0.15) is 38.7 Å². The first kappa shape index (κ1) is 17.0. The number of hydrogen-bond donors (Lipinski definition) is 1. The Hall–Kier alpha value is -3.16. The van der Waals surface area contributed by atoms with Crippen LogP contribution < -0.4 is 19.7 Å². The van der Waals surface area contributed by atoms with Crippen LogP contribution in [0.3, 0.4) is 0 Å². The molecule has 144 valence electrons. The van der Waals surface area contributed by atoms with Crippen LogP contribution in [0.15, 0.2) is 30.6 Å². The number of fused-ring (bicyclic) bond motifs is 1. The molecule has 1 saturated carbocycles. The number of benzene rings is 1. The maximum absolute atomic E-state index is 12.6. The molecule has 2 aliphatic heterocycles. The fourth-order valence-electron chi connectivity index (χ4n) is 3.87. The summed E-state index contributed by atoms with van der Waals surface area (Å²) in [7, 11) is 0. The number of ether oxygens (including phenoxy) is 2. The van der Waals surface area contributed by atoms with Crippen LogP contribution in [0.25, 0.3) is 0 Å². The number of aromatic nitrogens is 2. The van der Waals surface area contributed by atoms with Gasteiger partial charge in [-0.15, -0.1) is 0 Å². The highest BCUT2D eigenvalue weighted by molar-refractivity contribution is 6.23. The minimum Gasteiger partial charge on any atom is -0.492 e. The summed E-state index contributed by atoms with van der Waals surface area (Å²) in [5.74, 6) is 1.23. The molecule has 1 spiro atoms. The molecule has 1 aromatic carbocycles. The van der Waals surface area contributed by atoms with Crippen molar-refractivity contribution < 1.29 is 19.1 Å². The van der Waals surface area contributed by atoms with E-state index in [2.05, 4.69) is 29.1 Å². The Labute approximate surface area is 161 Å². The van der Waals surface area contributed by atoms with Gasteiger partial charge in [-0.3, -0.25) is 4.79 Å². The zero-order valence-electron chi connectivity index (χ0n) is 15.7. The third kappa shape index (κ3) is 2.44. The first-order valence-electron chi connectivity index (χ1n) is 9.32. The summed E-state index contributed by atoms with van der Waals surface area (Å²) in [6.07, 6.45) is 5.14. The summed E-state index contributed by atoms with van der Waals surface area (Å²) >= 11 is 0. The highest BCUT2D eigenvalue weighted by Crippen LogP contribution is 2.41. The van der Waals surface area contributed by atoms with Gasteiger partial charge in [0.05, 0.1) is 24.7 Å². The molecule has 28 heavy (non-hydrogen) atoms. The van der Waals surface area contributed by atoms with Gasteiger partial charge in [0.25, 0.3) is 5.91 Å². The van der Waals surface area contributed by atoms with E-state index < -0.39 is 11.6 Å². The number of urea groups is 1. The van der Waals surface area contributed by atoms with Gasteiger partial charge in [0.2, 0.25) is 0 Å². The second kappa shape index (κ2) is 5.67. The molecule has 2 aromatic rings. The number of carbonyl (C=O) groups excluding carboxylic acids is 2. The van der Waals surface area contributed by atoms with E-state index in [0.717, 1.165) is 22.6 Å². The average molecular weight is 380 g/mol. The predicted molar refractivity (Wildman–Crippen MR) is 99.7 cm³/mol. The lowest BCUT2D eigenvalue weighted by Gasteiger charge is -2.34. The van der Waals surface area contributed by atoms with Crippen molar-refractivity contribution in [1.29, 1.82) is 0 Å². The van der Waals surface area contributed by atoms with Crippen molar-refractivity contribution in [1.82, 2.24) is 15.3 Å². The summed E-state index contributed by atoms with van der Waals surface area (Å²) in [5.41, 5.74) is 0.597. The lowest BCUT2D eigenvalue weighted by atomic mass is 9.77. The largest absolute Gasteiger partial charge is 0.492 e. The zero-order valence-corrected chi connectivity index (χ0v) is 15.7. The Morgan fingerprint density at radius 2 is 1.93 bits per heavy atom. The Kier molecular flexibility index (Phi) is 3.44. The molecule has 8 nitrogen and oxygen atoms in total. The maximum atomic E-state index is 12.6. The summed E-state index contributed by atoms with van der Waals surface area (Å²) in [6, 6.07) is 5.32. The van der Waals surface area contributed by atoms with Gasteiger partial charge in [-0.1, -0.05) is 13.8 Å². The highest BCUT2D eigenvalue weighted by atomic mass is 16.5. The van der Waals surface area contributed by atoms with Crippen molar-refractivity contribution in [3.63, 3.8) is 0 Å². The SMILES string of the molecule is CC1(C)COc2ccc(Oc3ncc(N4C(=O)NC5(CCC5)C4=O)cn3)cc21. The third-order valence-electron chi connectivity index (χ3n) is 5.72. The number of imide groups is 1. The van der Waals surface area contributed by atoms with Crippen molar-refractivity contribution in [2.75, 3.05) is 11.5 Å². The predicted octanol–water partition coefficient (Wildman–Crippen LogP) is 2.92. The van der Waals surface area contributed by atoms with Gasteiger partial charge >= 0.3 is 12.0 Å². The van der Waals surface area contributed by atoms with Crippen LogP contribution in [0.4, 0.5) is 10.5 Å². The molecule has 0 bridgehead atoms. The molecular formula is C20H20N4O4. The molecule has 0 unspecified atom stereocenters. The smallest absolute Gasteiger partial charge is 0.329 e. The summed E-state index contributed by atoms with van der Waals surface area (Å²) in [4.78, 5) is 34.3. The second-order valence-electron chi connectivity index (χ2n) is 8.16. The van der Waals surface area contributed by atoms with Crippen molar-refractivity contribution in [2.45, 2.75) is 44.1 Å². The van der Waals surface area contributed by atoms with Crippen molar-refractivity contribution >= 4 is 17.6 Å². The molecule has 1 N–H and O–H groups in total. The fraction of sp³-hybridized carbons (Fsp3) is 0.400. The molecule has 3 aliphatic rings. The molecule has 3 amide bonds. The number of carbonyl (C=O) groups is 2. The van der Waals surface area contributed by atoms with Crippen LogP contribution in [0.5, 0.6) is 17.5 Å². The van der Waals surface area contributed by atoms with Gasteiger partial charge in [0.15, 0.2) is 0 Å². The Balaban J connectivity index is 1.35. The molecule has 1 aliphatic carbocycles. The molecule has 2 fully saturated rings. The van der Waals surface area contributed by atoms with Gasteiger partial charge in [-0.2, -0.15) is 0 Å². The van der Waals surface area contributed by atoms with Crippen molar-refractivity contribution in [3.05, 3.63) is 36.2 Å². The van der Waals surface area contributed by atoms with E-state index in [1.165, 1.54) is 12.4 Å². The highest BCUT2D eigenvalue weighted by Gasteiger charge is 2.55. The molecule has 5 rings (SSSR count). The Bertz CT molecular complexity index is 982. The Morgan fingerprint density at radius 1 is 1.18 bits per heavy atom. The van der Waals surface area contributed by atoms with Gasteiger partial charge in [-0.05, 0) is 37.5 Å². The van der Waals surface area contributed by atoms with Crippen molar-refractivity contribution in [3.8, 4) is 17.5 Å². The minimum atomic E-state index is -0.731.